The zero-order chi connectivity index (χ0) is 38.0. The summed E-state index contributed by atoms with van der Waals surface area (Å²) in [6.45, 7) is -0.849. The van der Waals surface area contributed by atoms with E-state index >= 15 is 0 Å². The van der Waals surface area contributed by atoms with Gasteiger partial charge >= 0.3 is 11.9 Å². The van der Waals surface area contributed by atoms with Gasteiger partial charge in [-0.1, -0.05) is 30.3 Å². The van der Waals surface area contributed by atoms with Gasteiger partial charge in [0.25, 0.3) is 5.91 Å². The van der Waals surface area contributed by atoms with E-state index in [1.54, 1.807) is 42.6 Å². The van der Waals surface area contributed by atoms with Crippen molar-refractivity contribution in [1.82, 2.24) is 0 Å². The molecule has 0 aliphatic carbocycles. The molecule has 3 aromatic carbocycles. The molecule has 0 aromatic heterocycles. The summed E-state index contributed by atoms with van der Waals surface area (Å²) in [7, 11) is 0. The highest BCUT2D eigenvalue weighted by Gasteiger charge is 2.56. The van der Waals surface area contributed by atoms with Crippen LogP contribution < -0.4 is 9.64 Å². The lowest BCUT2D eigenvalue weighted by molar-refractivity contribution is -0.422. The summed E-state index contributed by atoms with van der Waals surface area (Å²) in [5.41, 5.74) is 3.28. The van der Waals surface area contributed by atoms with Crippen LogP contribution in [0.2, 0.25) is 0 Å². The summed E-state index contributed by atoms with van der Waals surface area (Å²) in [5.74, 6) is -7.42. The number of benzene rings is 3. The molecule has 0 bridgehead atoms. The topological polar surface area (TPSA) is 263 Å². The number of aryl methyl sites for hydroxylation is 1. The Hall–Kier alpha value is -5.20. The van der Waals surface area contributed by atoms with Gasteiger partial charge in [0.05, 0.1) is 24.6 Å². The third-order valence-corrected chi connectivity index (χ3v) is 9.60. The number of anilines is 1. The molecule has 280 valence electrons. The average Bonchev–Trinajstić information content (AvgIpc) is 3.77. The summed E-state index contributed by atoms with van der Waals surface area (Å²) in [4.78, 5) is 36.3. The van der Waals surface area contributed by atoms with Crippen molar-refractivity contribution in [2.45, 2.75) is 68.2 Å². The first-order chi connectivity index (χ1) is 25.3. The molecule has 0 saturated carbocycles. The summed E-state index contributed by atoms with van der Waals surface area (Å²) in [5, 5.41) is 93.7. The number of phenols is 2. The molecule has 3 aliphatic heterocycles. The van der Waals surface area contributed by atoms with Crippen LogP contribution >= 0.6 is 0 Å². The summed E-state index contributed by atoms with van der Waals surface area (Å²) >= 11 is 0. The summed E-state index contributed by atoms with van der Waals surface area (Å²) in [6.07, 6.45) is -2.86. The maximum absolute atomic E-state index is 14.1. The van der Waals surface area contributed by atoms with Crippen LogP contribution in [0.25, 0.3) is 6.08 Å². The second-order valence-corrected chi connectivity index (χ2v) is 12.9. The molecule has 1 fully saturated rings. The number of carboxylic acid groups (broad SMARTS) is 1. The van der Waals surface area contributed by atoms with E-state index in [4.69, 9.17) is 9.47 Å². The zero-order valence-electron chi connectivity index (χ0n) is 28.1. The Morgan fingerprint density at radius 2 is 1.74 bits per heavy atom. The Morgan fingerprint density at radius 3 is 2.42 bits per heavy atom. The molecule has 0 spiro atoms. The van der Waals surface area contributed by atoms with Gasteiger partial charge in [-0.05, 0) is 59.4 Å². The van der Waals surface area contributed by atoms with Crippen molar-refractivity contribution in [3.8, 4) is 17.2 Å². The lowest BCUT2D eigenvalue weighted by Gasteiger charge is -2.44. The smallest absolute Gasteiger partial charge is 0.355 e. The molecule has 3 aliphatic rings. The lowest BCUT2D eigenvalue weighted by atomic mass is 9.87. The quantitative estimate of drug-likeness (QED) is 0.0900. The van der Waals surface area contributed by atoms with Crippen LogP contribution in [-0.4, -0.2) is 119 Å². The number of aliphatic hydroxyl groups is 6. The van der Waals surface area contributed by atoms with Crippen molar-refractivity contribution >= 4 is 35.6 Å². The van der Waals surface area contributed by atoms with E-state index in [9.17, 15) is 55.5 Å². The molecule has 3 heterocycles. The standard InChI is InChI=1S/C37H39N3O13/c41-16-21-4-2-1-3-20(21)7-8-24-25-13-28(44)29(52-37(51)35(48)34(47)33(46)30(17-42)53-37)14-26(25)40(32(24)36(49)50)31(45)10-6-19-5-9-27(43)22(11-19)12-23-15-38-18-39-23/h1-6,9-11,13-15,24,30,32-35,41-44,46-48,51H,7-8,12,16-18H2,(H,49,50). The number of hydrogen-bond donors (Lipinski definition) is 9. The van der Waals surface area contributed by atoms with Crippen LogP contribution in [0, 0.1) is 0 Å². The van der Waals surface area contributed by atoms with Gasteiger partial charge in [-0.25, -0.2) is 4.79 Å². The van der Waals surface area contributed by atoms with Gasteiger partial charge in [0.15, 0.2) is 17.6 Å². The van der Waals surface area contributed by atoms with E-state index in [1.807, 2.05) is 0 Å². The van der Waals surface area contributed by atoms with Gasteiger partial charge in [-0.3, -0.25) is 19.7 Å². The van der Waals surface area contributed by atoms with Gasteiger partial charge in [0.2, 0.25) is 0 Å². The first-order valence-corrected chi connectivity index (χ1v) is 16.7. The minimum Gasteiger partial charge on any atom is -0.508 e. The Balaban J connectivity index is 1.37. The number of rotatable bonds is 12. The molecule has 53 heavy (non-hydrogen) atoms. The number of phenolic OH excluding ortho intramolecular Hbond substituents is 2. The minimum atomic E-state index is -3.11. The van der Waals surface area contributed by atoms with Crippen LogP contribution in [0.5, 0.6) is 17.2 Å². The molecule has 1 amide bonds. The number of carbonyl (C=O) groups excluding carboxylic acids is 1. The van der Waals surface area contributed by atoms with Crippen LogP contribution in [0.15, 0.2) is 70.7 Å². The van der Waals surface area contributed by atoms with Crippen LogP contribution in [-0.2, 0) is 33.8 Å². The Bertz CT molecular complexity index is 1960. The van der Waals surface area contributed by atoms with Crippen molar-refractivity contribution in [3.05, 3.63) is 88.5 Å². The molecule has 16 heteroatoms. The predicted molar refractivity (Wildman–Crippen MR) is 188 cm³/mol. The fourth-order valence-corrected chi connectivity index (χ4v) is 6.86. The van der Waals surface area contributed by atoms with Crippen molar-refractivity contribution < 1.29 is 65.0 Å². The first kappa shape index (κ1) is 37.6. The van der Waals surface area contributed by atoms with E-state index in [2.05, 4.69) is 9.98 Å². The number of hydrogen-bond acceptors (Lipinski definition) is 14. The molecule has 7 atom stereocenters. The van der Waals surface area contributed by atoms with Gasteiger partial charge in [0.1, 0.15) is 36.8 Å². The number of aliphatic hydroxyl groups excluding tert-OH is 5. The fraction of sp³-hybridized carbons (Fsp3) is 0.351. The second kappa shape index (κ2) is 15.4. The molecular weight excluding hydrogens is 694 g/mol. The number of aromatic hydroxyl groups is 2. The second-order valence-electron chi connectivity index (χ2n) is 12.9. The van der Waals surface area contributed by atoms with Crippen LogP contribution in [0.1, 0.15) is 40.2 Å². The molecule has 7 unspecified atom stereocenters. The van der Waals surface area contributed by atoms with E-state index in [1.165, 1.54) is 12.1 Å². The SMILES string of the molecule is O=C(O)C1C(CCc2ccccc2CO)c2cc(O)c(OC3(O)OC(CO)C(O)C(O)C3O)cc2N1C(=O)C=Cc1ccc(O)c(CC2=NCN=C2)c1. The van der Waals surface area contributed by atoms with E-state index in [-0.39, 0.29) is 36.4 Å². The molecule has 9 N–H and O–H groups in total. The maximum atomic E-state index is 14.1. The molecule has 3 aromatic rings. The van der Waals surface area contributed by atoms with E-state index < -0.39 is 72.3 Å². The Morgan fingerprint density at radius 1 is 0.981 bits per heavy atom. The van der Waals surface area contributed by atoms with Gasteiger partial charge in [0, 0.05) is 36.3 Å². The first-order valence-electron chi connectivity index (χ1n) is 16.7. The highest BCUT2D eigenvalue weighted by atomic mass is 16.8. The number of fused-ring (bicyclic) bond motifs is 1. The summed E-state index contributed by atoms with van der Waals surface area (Å²) < 4.78 is 10.6. The van der Waals surface area contributed by atoms with Gasteiger partial charge in [-0.2, -0.15) is 0 Å². The zero-order valence-corrected chi connectivity index (χ0v) is 28.1. The third kappa shape index (κ3) is 7.51. The number of carboxylic acids is 1. The number of nitrogens with zero attached hydrogens (tertiary/aromatic N) is 3. The highest BCUT2D eigenvalue weighted by Crippen LogP contribution is 2.49. The van der Waals surface area contributed by atoms with Crippen molar-refractivity contribution in [1.29, 1.82) is 0 Å². The van der Waals surface area contributed by atoms with Crippen LogP contribution in [0.4, 0.5) is 5.69 Å². The fourth-order valence-electron chi connectivity index (χ4n) is 6.86. The number of amides is 1. The van der Waals surface area contributed by atoms with Crippen molar-refractivity contribution in [2.75, 3.05) is 18.2 Å². The molecule has 0 radical (unpaired) electrons. The molecular formula is C37H39N3O13. The minimum absolute atomic E-state index is 0.00916. The van der Waals surface area contributed by atoms with Crippen molar-refractivity contribution in [2.24, 2.45) is 9.98 Å². The highest BCUT2D eigenvalue weighted by molar-refractivity contribution is 6.32. The summed E-state index contributed by atoms with van der Waals surface area (Å²) in [6, 6.07) is 12.4. The van der Waals surface area contributed by atoms with Gasteiger partial charge < -0.3 is 55.4 Å². The Kier molecular flexibility index (Phi) is 10.9. The van der Waals surface area contributed by atoms with Crippen LogP contribution in [0.3, 0.4) is 0 Å². The maximum Gasteiger partial charge on any atom is 0.355 e. The normalized spacial score (nSPS) is 26.5. The Labute approximate surface area is 302 Å². The average molecular weight is 734 g/mol. The predicted octanol–water partition coefficient (Wildman–Crippen LogP) is 0.344. The number of aliphatic imine (C=N–C) groups is 2. The van der Waals surface area contributed by atoms with Crippen molar-refractivity contribution in [3.63, 3.8) is 0 Å². The monoisotopic (exact) mass is 733 g/mol. The van der Waals surface area contributed by atoms with E-state index in [0.29, 0.717) is 35.5 Å². The number of ether oxygens (including phenoxy) is 2. The largest absolute Gasteiger partial charge is 0.508 e. The lowest BCUT2D eigenvalue weighted by Crippen LogP contribution is -2.67. The molecule has 6 rings (SSSR count). The molecule has 16 nitrogen and oxygen atoms in total. The molecule has 1 saturated heterocycles. The third-order valence-electron chi connectivity index (χ3n) is 9.60. The number of aliphatic carboxylic acids is 1. The van der Waals surface area contributed by atoms with E-state index in [0.717, 1.165) is 28.7 Å². The van der Waals surface area contributed by atoms with Gasteiger partial charge in [-0.15, -0.1) is 0 Å². The number of carbonyl (C=O) groups is 2.